The largest absolute Gasteiger partial charge is 0.339 e. The third-order valence-electron chi connectivity index (χ3n) is 5.79. The molecule has 0 bridgehead atoms. The molecule has 1 fully saturated rings. The van der Waals surface area contributed by atoms with Crippen LogP contribution in [0.25, 0.3) is 11.0 Å². The molecule has 2 N–H and O–H groups in total. The van der Waals surface area contributed by atoms with E-state index in [-0.39, 0.29) is 28.1 Å². The Morgan fingerprint density at radius 3 is 2.54 bits per heavy atom. The molecule has 1 aliphatic heterocycles. The molecule has 35 heavy (non-hydrogen) atoms. The SMILES string of the molecule is O=C(NNC(=O)c1ccccc1Cl)c1csc(C2CCN(C(=O)c3ccc4nonc4c3)CC2)n1. The number of piperidine rings is 1. The van der Waals surface area contributed by atoms with Crippen molar-refractivity contribution in [2.24, 2.45) is 0 Å². The lowest BCUT2D eigenvalue weighted by Crippen LogP contribution is -2.42. The highest BCUT2D eigenvalue weighted by Gasteiger charge is 2.27. The second-order valence-corrected chi connectivity index (χ2v) is 9.29. The number of carbonyl (C=O) groups excluding carboxylic acids is 3. The van der Waals surface area contributed by atoms with Gasteiger partial charge in [-0.25, -0.2) is 9.61 Å². The van der Waals surface area contributed by atoms with Crippen molar-refractivity contribution in [3.05, 3.63) is 74.7 Å². The number of hydrazine groups is 1. The van der Waals surface area contributed by atoms with E-state index < -0.39 is 11.8 Å². The predicted octanol–water partition coefficient (Wildman–Crippen LogP) is 3.43. The number of halogens is 1. The minimum absolute atomic E-state index is 0.0678. The summed E-state index contributed by atoms with van der Waals surface area (Å²) in [6.07, 6.45) is 1.47. The number of benzene rings is 2. The Hall–Kier alpha value is -3.83. The molecule has 178 valence electrons. The van der Waals surface area contributed by atoms with Crippen LogP contribution in [0.3, 0.4) is 0 Å². The first kappa shape index (κ1) is 22.9. The number of hydrogen-bond donors (Lipinski definition) is 2. The second kappa shape index (κ2) is 9.80. The van der Waals surface area contributed by atoms with Gasteiger partial charge in [-0.3, -0.25) is 25.2 Å². The van der Waals surface area contributed by atoms with E-state index in [1.165, 1.54) is 11.3 Å². The van der Waals surface area contributed by atoms with E-state index in [0.717, 1.165) is 17.8 Å². The molecular weight excluding hydrogens is 492 g/mol. The highest BCUT2D eigenvalue weighted by molar-refractivity contribution is 7.09. The molecule has 3 amide bonds. The van der Waals surface area contributed by atoms with Crippen molar-refractivity contribution in [1.29, 1.82) is 0 Å². The van der Waals surface area contributed by atoms with Gasteiger partial charge in [-0.1, -0.05) is 23.7 Å². The Morgan fingerprint density at radius 1 is 1.00 bits per heavy atom. The Kier molecular flexibility index (Phi) is 6.43. The third-order valence-corrected chi connectivity index (χ3v) is 7.13. The summed E-state index contributed by atoms with van der Waals surface area (Å²) in [5.41, 5.74) is 6.89. The van der Waals surface area contributed by atoms with Crippen molar-refractivity contribution in [2.75, 3.05) is 13.1 Å². The molecule has 0 atom stereocenters. The highest BCUT2D eigenvalue weighted by Crippen LogP contribution is 2.31. The number of nitrogens with zero attached hydrogens (tertiary/aromatic N) is 4. The van der Waals surface area contributed by atoms with Crippen LogP contribution in [0, 0.1) is 0 Å². The molecule has 2 aromatic heterocycles. The Balaban J connectivity index is 1.15. The number of nitrogens with one attached hydrogen (secondary N) is 2. The summed E-state index contributed by atoms with van der Waals surface area (Å²) in [5, 5.41) is 10.3. The van der Waals surface area contributed by atoms with E-state index >= 15 is 0 Å². The fourth-order valence-electron chi connectivity index (χ4n) is 3.90. The van der Waals surface area contributed by atoms with Gasteiger partial charge in [-0.15, -0.1) is 11.3 Å². The molecule has 5 rings (SSSR count). The number of hydrogen-bond acceptors (Lipinski definition) is 8. The molecule has 3 heterocycles. The first-order valence-electron chi connectivity index (χ1n) is 10.8. The minimum Gasteiger partial charge on any atom is -0.339 e. The van der Waals surface area contributed by atoms with E-state index in [1.807, 2.05) is 0 Å². The molecule has 0 aliphatic carbocycles. The maximum atomic E-state index is 12.9. The van der Waals surface area contributed by atoms with Crippen LogP contribution in [0.4, 0.5) is 0 Å². The number of aromatic nitrogens is 3. The maximum Gasteiger partial charge on any atom is 0.289 e. The van der Waals surface area contributed by atoms with Gasteiger partial charge in [0.05, 0.1) is 15.6 Å². The summed E-state index contributed by atoms with van der Waals surface area (Å²) in [5.74, 6) is -0.957. The summed E-state index contributed by atoms with van der Waals surface area (Å²) in [4.78, 5) is 43.8. The van der Waals surface area contributed by atoms with Crippen LogP contribution in [0.1, 0.15) is 55.0 Å². The van der Waals surface area contributed by atoms with Crippen molar-refractivity contribution >= 4 is 51.7 Å². The molecule has 10 nitrogen and oxygen atoms in total. The van der Waals surface area contributed by atoms with Gasteiger partial charge in [0.1, 0.15) is 16.7 Å². The van der Waals surface area contributed by atoms with Crippen LogP contribution in [-0.4, -0.2) is 51.0 Å². The van der Waals surface area contributed by atoms with Crippen molar-refractivity contribution in [2.45, 2.75) is 18.8 Å². The average molecular weight is 511 g/mol. The quantitative estimate of drug-likeness (QED) is 0.402. The van der Waals surface area contributed by atoms with E-state index in [1.54, 1.807) is 52.7 Å². The smallest absolute Gasteiger partial charge is 0.289 e. The zero-order valence-electron chi connectivity index (χ0n) is 18.2. The Bertz CT molecular complexity index is 1410. The average Bonchev–Trinajstić information content (AvgIpc) is 3.57. The number of amides is 3. The maximum absolute atomic E-state index is 12.9. The minimum atomic E-state index is -0.518. The van der Waals surface area contributed by atoms with Crippen LogP contribution in [-0.2, 0) is 0 Å². The Labute approximate surface area is 208 Å². The fourth-order valence-corrected chi connectivity index (χ4v) is 5.09. The van der Waals surface area contributed by atoms with E-state index in [0.29, 0.717) is 29.7 Å². The van der Waals surface area contributed by atoms with Gasteiger partial charge < -0.3 is 4.90 Å². The van der Waals surface area contributed by atoms with Gasteiger partial charge in [0, 0.05) is 30.0 Å². The lowest BCUT2D eigenvalue weighted by atomic mass is 9.97. The van der Waals surface area contributed by atoms with Gasteiger partial charge in [0.2, 0.25) is 0 Å². The van der Waals surface area contributed by atoms with Crippen LogP contribution >= 0.6 is 22.9 Å². The van der Waals surface area contributed by atoms with Gasteiger partial charge in [0.25, 0.3) is 17.7 Å². The zero-order chi connectivity index (χ0) is 24.4. The first-order valence-corrected chi connectivity index (χ1v) is 12.1. The van der Waals surface area contributed by atoms with Crippen LogP contribution < -0.4 is 10.9 Å². The number of fused-ring (bicyclic) bond motifs is 1. The van der Waals surface area contributed by atoms with Gasteiger partial charge in [-0.2, -0.15) is 0 Å². The summed E-state index contributed by atoms with van der Waals surface area (Å²) in [6, 6.07) is 11.7. The highest BCUT2D eigenvalue weighted by atomic mass is 35.5. The van der Waals surface area contributed by atoms with E-state index in [4.69, 9.17) is 16.2 Å². The first-order chi connectivity index (χ1) is 17.0. The normalized spacial score (nSPS) is 14.1. The lowest BCUT2D eigenvalue weighted by molar-refractivity contribution is 0.0713. The molecule has 0 spiro atoms. The van der Waals surface area contributed by atoms with E-state index in [9.17, 15) is 14.4 Å². The molecule has 0 radical (unpaired) electrons. The zero-order valence-corrected chi connectivity index (χ0v) is 19.8. The number of thiazole rings is 1. The Morgan fingerprint density at radius 2 is 1.74 bits per heavy atom. The van der Waals surface area contributed by atoms with Crippen molar-refractivity contribution in [1.82, 2.24) is 31.0 Å². The van der Waals surface area contributed by atoms with Crippen LogP contribution in [0.2, 0.25) is 5.02 Å². The van der Waals surface area contributed by atoms with E-state index in [2.05, 4.69) is 26.1 Å². The van der Waals surface area contributed by atoms with Gasteiger partial charge in [0.15, 0.2) is 0 Å². The summed E-state index contributed by atoms with van der Waals surface area (Å²) in [6.45, 7) is 1.15. The van der Waals surface area contributed by atoms with Gasteiger partial charge in [-0.05, 0) is 53.5 Å². The van der Waals surface area contributed by atoms with Crippen molar-refractivity contribution in [3.8, 4) is 0 Å². The standard InChI is InChI=1S/C23H19ClN6O4S/c24-16-4-2-1-3-15(16)20(31)26-27-21(32)19-12-35-22(25-19)13-7-9-30(10-8-13)23(33)14-5-6-17-18(11-14)29-34-28-17/h1-6,11-13H,7-10H2,(H,26,31)(H,27,32). The van der Waals surface area contributed by atoms with Crippen LogP contribution in [0.5, 0.6) is 0 Å². The number of likely N-dealkylation sites (tertiary alicyclic amines) is 1. The predicted molar refractivity (Wildman–Crippen MR) is 128 cm³/mol. The second-order valence-electron chi connectivity index (χ2n) is 7.99. The summed E-state index contributed by atoms with van der Waals surface area (Å²) < 4.78 is 4.69. The molecule has 1 aliphatic rings. The monoisotopic (exact) mass is 510 g/mol. The number of carbonyl (C=O) groups is 3. The molecule has 12 heteroatoms. The molecular formula is C23H19ClN6O4S. The molecule has 1 saturated heterocycles. The molecule has 2 aromatic carbocycles. The topological polar surface area (TPSA) is 130 Å². The van der Waals surface area contributed by atoms with Crippen molar-refractivity contribution in [3.63, 3.8) is 0 Å². The lowest BCUT2D eigenvalue weighted by Gasteiger charge is -2.31. The van der Waals surface area contributed by atoms with Crippen LogP contribution in [0.15, 0.2) is 52.5 Å². The van der Waals surface area contributed by atoms with Gasteiger partial charge >= 0.3 is 0 Å². The fraction of sp³-hybridized carbons (Fsp3) is 0.217. The molecule has 0 unspecified atom stereocenters. The summed E-state index contributed by atoms with van der Waals surface area (Å²) in [7, 11) is 0. The molecule has 0 saturated carbocycles. The molecule has 4 aromatic rings. The number of rotatable bonds is 4. The third kappa shape index (κ3) is 4.86. The summed E-state index contributed by atoms with van der Waals surface area (Å²) >= 11 is 7.40. The van der Waals surface area contributed by atoms with Crippen molar-refractivity contribution < 1.29 is 19.0 Å².